The molecule has 0 aromatic heterocycles. The highest BCUT2D eigenvalue weighted by atomic mass is 19.1. The molecule has 0 aliphatic heterocycles. The molecule has 0 spiro atoms. The maximum absolute atomic E-state index is 13.2. The Labute approximate surface area is 119 Å². The molecule has 20 heavy (non-hydrogen) atoms. The van der Waals surface area contributed by atoms with Gasteiger partial charge in [-0.2, -0.15) is 0 Å². The fraction of sp³-hybridized carbons (Fsp3) is 0.294. The van der Waals surface area contributed by atoms with Crippen molar-refractivity contribution in [2.75, 3.05) is 5.32 Å². The maximum Gasteiger partial charge on any atom is 0.123 e. The zero-order valence-electron chi connectivity index (χ0n) is 12.1. The van der Waals surface area contributed by atoms with Crippen molar-refractivity contribution in [2.45, 2.75) is 33.2 Å². The van der Waals surface area contributed by atoms with Crippen LogP contribution in [0.4, 0.5) is 10.1 Å². The van der Waals surface area contributed by atoms with Crippen LogP contribution in [0, 0.1) is 19.7 Å². The van der Waals surface area contributed by atoms with E-state index in [9.17, 15) is 9.50 Å². The number of phenols is 1. The first kappa shape index (κ1) is 14.4. The first-order chi connectivity index (χ1) is 9.45. The summed E-state index contributed by atoms with van der Waals surface area (Å²) >= 11 is 0. The number of benzene rings is 2. The third kappa shape index (κ3) is 3.50. The lowest BCUT2D eigenvalue weighted by Gasteiger charge is -2.18. The lowest BCUT2D eigenvalue weighted by atomic mass is 10.0. The molecular weight excluding hydrogens is 253 g/mol. The second-order valence-electron chi connectivity index (χ2n) is 5.33. The van der Waals surface area contributed by atoms with E-state index in [1.165, 1.54) is 6.07 Å². The Hall–Kier alpha value is -2.03. The van der Waals surface area contributed by atoms with Gasteiger partial charge < -0.3 is 10.4 Å². The molecule has 1 atom stereocenters. The van der Waals surface area contributed by atoms with E-state index >= 15 is 0 Å². The summed E-state index contributed by atoms with van der Waals surface area (Å²) in [5, 5.41) is 13.1. The molecule has 0 radical (unpaired) electrons. The minimum Gasteiger partial charge on any atom is -0.508 e. The van der Waals surface area contributed by atoms with Crippen molar-refractivity contribution in [3.63, 3.8) is 0 Å². The highest BCUT2D eigenvalue weighted by Crippen LogP contribution is 2.25. The van der Waals surface area contributed by atoms with Crippen LogP contribution in [0.25, 0.3) is 0 Å². The zero-order valence-corrected chi connectivity index (χ0v) is 12.1. The molecule has 2 rings (SSSR count). The summed E-state index contributed by atoms with van der Waals surface area (Å²) in [4.78, 5) is 0. The second-order valence-corrected chi connectivity index (χ2v) is 5.33. The molecule has 2 aromatic carbocycles. The number of nitrogens with one attached hydrogen (secondary N) is 1. The molecule has 0 fully saturated rings. The Morgan fingerprint density at radius 2 is 1.90 bits per heavy atom. The Morgan fingerprint density at radius 3 is 2.60 bits per heavy atom. The van der Waals surface area contributed by atoms with Crippen LogP contribution < -0.4 is 5.32 Å². The molecule has 106 valence electrons. The SMILES string of the molecule is Cc1cc(NC(C)Cc2cccc(F)c2)c(C)cc1O. The molecule has 0 saturated heterocycles. The smallest absolute Gasteiger partial charge is 0.123 e. The predicted molar refractivity (Wildman–Crippen MR) is 80.8 cm³/mol. The predicted octanol–water partition coefficient (Wildman–Crippen LogP) is 4.19. The number of hydrogen-bond donors (Lipinski definition) is 2. The van der Waals surface area contributed by atoms with Crippen LogP contribution in [-0.2, 0) is 6.42 Å². The van der Waals surface area contributed by atoms with Crippen LogP contribution in [-0.4, -0.2) is 11.1 Å². The van der Waals surface area contributed by atoms with Gasteiger partial charge in [-0.25, -0.2) is 4.39 Å². The number of phenolic OH excluding ortho intramolecular Hbond substituents is 1. The van der Waals surface area contributed by atoms with E-state index in [-0.39, 0.29) is 11.9 Å². The standard InChI is InChI=1S/C17H20FNO/c1-11-8-17(20)12(2)7-16(11)19-13(3)9-14-5-4-6-15(18)10-14/h4-8,10,13,19-20H,9H2,1-3H3. The number of halogens is 1. The van der Waals surface area contributed by atoms with Crippen molar-refractivity contribution in [1.82, 2.24) is 0 Å². The third-order valence-electron chi connectivity index (χ3n) is 3.38. The van der Waals surface area contributed by atoms with Gasteiger partial charge in [-0.3, -0.25) is 0 Å². The fourth-order valence-corrected chi connectivity index (χ4v) is 2.29. The molecule has 2 N–H and O–H groups in total. The number of aryl methyl sites for hydroxylation is 2. The van der Waals surface area contributed by atoms with E-state index in [0.717, 1.165) is 28.8 Å². The largest absolute Gasteiger partial charge is 0.508 e. The van der Waals surface area contributed by atoms with E-state index in [0.29, 0.717) is 5.75 Å². The van der Waals surface area contributed by atoms with E-state index < -0.39 is 0 Å². The van der Waals surface area contributed by atoms with Gasteiger partial charge in [0.05, 0.1) is 0 Å². The molecule has 1 unspecified atom stereocenters. The van der Waals surface area contributed by atoms with Crippen LogP contribution in [0.2, 0.25) is 0 Å². The van der Waals surface area contributed by atoms with Crippen molar-refractivity contribution in [3.05, 3.63) is 58.9 Å². The van der Waals surface area contributed by atoms with Gasteiger partial charge in [0.2, 0.25) is 0 Å². The van der Waals surface area contributed by atoms with Gasteiger partial charge >= 0.3 is 0 Å². The Bertz CT molecular complexity index is 610. The monoisotopic (exact) mass is 273 g/mol. The first-order valence-corrected chi connectivity index (χ1v) is 6.77. The van der Waals surface area contributed by atoms with Crippen molar-refractivity contribution >= 4 is 5.69 Å². The summed E-state index contributed by atoms with van der Waals surface area (Å²) in [5.41, 5.74) is 3.82. The van der Waals surface area contributed by atoms with Crippen LogP contribution >= 0.6 is 0 Å². The number of aromatic hydroxyl groups is 1. The van der Waals surface area contributed by atoms with Crippen LogP contribution in [0.1, 0.15) is 23.6 Å². The highest BCUT2D eigenvalue weighted by Gasteiger charge is 2.08. The molecule has 3 heteroatoms. The summed E-state index contributed by atoms with van der Waals surface area (Å²) in [7, 11) is 0. The van der Waals surface area contributed by atoms with Crippen LogP contribution in [0.3, 0.4) is 0 Å². The van der Waals surface area contributed by atoms with E-state index in [4.69, 9.17) is 0 Å². The molecule has 2 nitrogen and oxygen atoms in total. The van der Waals surface area contributed by atoms with Gasteiger partial charge in [-0.05, 0) is 68.1 Å². The zero-order chi connectivity index (χ0) is 14.7. The van der Waals surface area contributed by atoms with Crippen molar-refractivity contribution in [1.29, 1.82) is 0 Å². The maximum atomic E-state index is 13.2. The Balaban J connectivity index is 2.08. The minimum atomic E-state index is -0.202. The molecule has 0 aliphatic rings. The van der Waals surface area contributed by atoms with Gasteiger partial charge in [-0.15, -0.1) is 0 Å². The highest BCUT2D eigenvalue weighted by molar-refractivity contribution is 5.57. The summed E-state index contributed by atoms with van der Waals surface area (Å²) in [6.45, 7) is 5.89. The molecule has 0 saturated carbocycles. The van der Waals surface area contributed by atoms with E-state index in [2.05, 4.69) is 12.2 Å². The van der Waals surface area contributed by atoms with Gasteiger partial charge in [-0.1, -0.05) is 12.1 Å². The normalized spacial score (nSPS) is 12.2. The van der Waals surface area contributed by atoms with E-state index in [1.807, 2.05) is 26.0 Å². The average Bonchev–Trinajstić information content (AvgIpc) is 2.36. The summed E-state index contributed by atoms with van der Waals surface area (Å²) in [6, 6.07) is 10.5. The first-order valence-electron chi connectivity index (χ1n) is 6.77. The van der Waals surface area contributed by atoms with Gasteiger partial charge in [0.1, 0.15) is 11.6 Å². The molecule has 2 aromatic rings. The molecule has 0 bridgehead atoms. The summed E-state index contributed by atoms with van der Waals surface area (Å²) in [6.07, 6.45) is 0.747. The fourth-order valence-electron chi connectivity index (χ4n) is 2.29. The average molecular weight is 273 g/mol. The van der Waals surface area contributed by atoms with Crippen molar-refractivity contribution in [2.24, 2.45) is 0 Å². The van der Waals surface area contributed by atoms with Crippen LogP contribution in [0.5, 0.6) is 5.75 Å². The number of rotatable bonds is 4. The molecule has 0 aliphatic carbocycles. The number of hydrogen-bond acceptors (Lipinski definition) is 2. The van der Waals surface area contributed by atoms with Gasteiger partial charge in [0.25, 0.3) is 0 Å². The van der Waals surface area contributed by atoms with Crippen molar-refractivity contribution in [3.8, 4) is 5.75 Å². The van der Waals surface area contributed by atoms with Gasteiger partial charge in [0.15, 0.2) is 0 Å². The quantitative estimate of drug-likeness (QED) is 0.819. The lowest BCUT2D eigenvalue weighted by molar-refractivity contribution is 0.470. The second kappa shape index (κ2) is 5.95. The Kier molecular flexibility index (Phi) is 4.28. The third-order valence-corrected chi connectivity index (χ3v) is 3.38. The van der Waals surface area contributed by atoms with Gasteiger partial charge in [0, 0.05) is 11.7 Å². The summed E-state index contributed by atoms with van der Waals surface area (Å²) < 4.78 is 13.2. The minimum absolute atomic E-state index is 0.180. The number of anilines is 1. The Morgan fingerprint density at radius 1 is 1.15 bits per heavy atom. The molecular formula is C17H20FNO. The summed E-state index contributed by atoms with van der Waals surface area (Å²) in [5.74, 6) is 0.109. The van der Waals surface area contributed by atoms with Crippen molar-refractivity contribution < 1.29 is 9.50 Å². The van der Waals surface area contributed by atoms with E-state index in [1.54, 1.807) is 18.2 Å². The molecule has 0 amide bonds. The van der Waals surface area contributed by atoms with Crippen LogP contribution in [0.15, 0.2) is 36.4 Å². The topological polar surface area (TPSA) is 32.3 Å². The lowest BCUT2D eigenvalue weighted by Crippen LogP contribution is -2.18. The molecule has 0 heterocycles.